The van der Waals surface area contributed by atoms with E-state index in [0.717, 1.165) is 45.7 Å². The maximum absolute atomic E-state index is 12.0. The van der Waals surface area contributed by atoms with Crippen LogP contribution in [0.4, 0.5) is 22.0 Å². The third kappa shape index (κ3) is 13.9. The Hall–Kier alpha value is 0.269. The van der Waals surface area contributed by atoms with E-state index in [1.807, 2.05) is 0 Å². The van der Waals surface area contributed by atoms with E-state index >= 15 is 0 Å². The summed E-state index contributed by atoms with van der Waals surface area (Å²) in [5.74, 6) is -2.71. The molecule has 217 valence electrons. The zero-order chi connectivity index (χ0) is 27.1. The van der Waals surface area contributed by atoms with E-state index in [0.29, 0.717) is 0 Å². The molecule has 0 unspecified atom stereocenters. The molecule has 5 rings (SSSR count). The summed E-state index contributed by atoms with van der Waals surface area (Å²) in [4.78, 5) is 0. The maximum Gasteiger partial charge on any atom is 2.00 e. The van der Waals surface area contributed by atoms with Gasteiger partial charge in [0.2, 0.25) is 0 Å². The molecule has 0 bridgehead atoms. The first-order valence-corrected chi connectivity index (χ1v) is 12.4. The summed E-state index contributed by atoms with van der Waals surface area (Å²) in [5.41, 5.74) is 0. The molecule has 0 amide bonds. The van der Waals surface area contributed by atoms with Crippen molar-refractivity contribution < 1.29 is 83.1 Å². The molecule has 9 heteroatoms. The van der Waals surface area contributed by atoms with Crippen LogP contribution in [0.5, 0.6) is 0 Å². The summed E-state index contributed by atoms with van der Waals surface area (Å²) in [6, 6.07) is 1.02. The first-order chi connectivity index (χ1) is 17.1. The Balaban J connectivity index is 0.000000454. The summed E-state index contributed by atoms with van der Waals surface area (Å²) in [5, 5.41) is 0. The number of halogens is 5. The van der Waals surface area contributed by atoms with Crippen molar-refractivity contribution in [2.75, 3.05) is 39.6 Å². The standard InChI is InChI=1S/C10H15.C6F5.3C4H8O.Yb/c1-6-7(2)9(4)10(5)8(6)3;7-2-1-3(8)5(10)6(11)4(2)9;3*1-2-4-5-3-1;/h1-5H3;;3*1-4H2;/q;-1;;;;+2. The molecule has 1 aromatic carbocycles. The Morgan fingerprint density at radius 1 is 0.432 bits per heavy atom. The quantitative estimate of drug-likeness (QED) is 0.122. The van der Waals surface area contributed by atoms with Crippen molar-refractivity contribution in [2.24, 2.45) is 0 Å². The molecule has 4 fully saturated rings. The van der Waals surface area contributed by atoms with Crippen LogP contribution in [-0.4, -0.2) is 39.6 Å². The molecule has 1 aliphatic carbocycles. The van der Waals surface area contributed by atoms with Gasteiger partial charge in [-0.3, -0.25) is 8.78 Å². The Morgan fingerprint density at radius 2 is 0.649 bits per heavy atom. The van der Waals surface area contributed by atoms with Crippen LogP contribution in [0.15, 0.2) is 0 Å². The van der Waals surface area contributed by atoms with E-state index < -0.39 is 29.1 Å². The number of hydrogen-bond acceptors (Lipinski definition) is 3. The van der Waals surface area contributed by atoms with E-state index in [1.54, 1.807) is 0 Å². The van der Waals surface area contributed by atoms with Crippen LogP contribution in [-0.2, 0) is 14.2 Å². The molecule has 0 N–H and O–H groups in total. The summed E-state index contributed by atoms with van der Waals surface area (Å²) in [7, 11) is 0. The number of rotatable bonds is 0. The third-order valence-electron chi connectivity index (χ3n) is 6.28. The van der Waals surface area contributed by atoms with Gasteiger partial charge in [-0.2, -0.15) is 0 Å². The zero-order valence-electron chi connectivity index (χ0n) is 22.4. The molecule has 5 radical (unpaired) electrons. The van der Waals surface area contributed by atoms with Crippen molar-refractivity contribution >= 4 is 0 Å². The van der Waals surface area contributed by atoms with E-state index in [1.165, 1.54) is 68.1 Å². The van der Waals surface area contributed by atoms with Crippen molar-refractivity contribution in [1.29, 1.82) is 0 Å². The first-order valence-electron chi connectivity index (χ1n) is 12.4. The molecule has 0 spiro atoms. The molecule has 1 aromatic rings. The van der Waals surface area contributed by atoms with Gasteiger partial charge in [-0.1, -0.05) is 34.6 Å². The van der Waals surface area contributed by atoms with Crippen LogP contribution < -0.4 is 0 Å². The SMILES string of the molecule is C1CCOC1.C1CCOC1.C1CCOC1.C[C]1[C](C)[C](C)[C](C)[C]1C.Fc1[c-]c(F)c(F)c(F)c1F.[Yb+2]. The number of benzene rings is 1. The van der Waals surface area contributed by atoms with Crippen LogP contribution in [0.25, 0.3) is 0 Å². The predicted molar refractivity (Wildman–Crippen MR) is 130 cm³/mol. The second kappa shape index (κ2) is 21.1. The average molecular weight is 692 g/mol. The van der Waals surface area contributed by atoms with Gasteiger partial charge in [-0.05, 0) is 68.1 Å². The van der Waals surface area contributed by atoms with Gasteiger partial charge in [0.1, 0.15) is 0 Å². The zero-order valence-corrected chi connectivity index (χ0v) is 24.1. The molecule has 4 aliphatic rings. The second-order valence-corrected chi connectivity index (χ2v) is 8.78. The van der Waals surface area contributed by atoms with Gasteiger partial charge < -0.3 is 14.2 Å². The molecular formula is C28H39F5O3Yb+. The molecule has 1 saturated carbocycles. The summed E-state index contributed by atoms with van der Waals surface area (Å²) in [6.45, 7) is 17.0. The van der Waals surface area contributed by atoms with Crippen LogP contribution in [0.3, 0.4) is 0 Å². The van der Waals surface area contributed by atoms with E-state index in [9.17, 15) is 22.0 Å². The van der Waals surface area contributed by atoms with Crippen molar-refractivity contribution in [3.05, 3.63) is 64.7 Å². The topological polar surface area (TPSA) is 27.7 Å². The van der Waals surface area contributed by atoms with Crippen molar-refractivity contribution in [2.45, 2.75) is 73.1 Å². The van der Waals surface area contributed by atoms with Gasteiger partial charge in [-0.25, -0.2) is 13.2 Å². The second-order valence-electron chi connectivity index (χ2n) is 8.78. The Kier molecular flexibility index (Phi) is 21.2. The average Bonchev–Trinajstić information content (AvgIpc) is 3.71. The monoisotopic (exact) mass is 692 g/mol. The van der Waals surface area contributed by atoms with Crippen LogP contribution >= 0.6 is 0 Å². The van der Waals surface area contributed by atoms with E-state index in [-0.39, 0.29) is 46.9 Å². The van der Waals surface area contributed by atoms with Crippen molar-refractivity contribution in [1.82, 2.24) is 0 Å². The Bertz CT molecular complexity index is 611. The Morgan fingerprint density at radius 3 is 0.811 bits per heavy atom. The van der Waals surface area contributed by atoms with Gasteiger partial charge in [0.05, 0.1) is 29.1 Å². The Labute approximate surface area is 258 Å². The smallest absolute Gasteiger partial charge is 0.381 e. The van der Waals surface area contributed by atoms with Gasteiger partial charge in [0.15, 0.2) is 0 Å². The number of ether oxygens (including phenoxy) is 3. The van der Waals surface area contributed by atoms with E-state index in [2.05, 4.69) is 34.6 Å². The fraction of sp³-hybridized carbons (Fsp3) is 0.607. The van der Waals surface area contributed by atoms with Crippen LogP contribution in [0, 0.1) is 112 Å². The molecule has 3 saturated heterocycles. The number of hydrogen-bond donors (Lipinski definition) is 0. The van der Waals surface area contributed by atoms with Gasteiger partial charge >= 0.3 is 46.9 Å². The predicted octanol–water partition coefficient (Wildman–Crippen LogP) is 7.54. The third-order valence-corrected chi connectivity index (χ3v) is 6.28. The fourth-order valence-corrected chi connectivity index (χ4v) is 3.43. The first kappa shape index (κ1) is 37.3. The molecule has 0 atom stereocenters. The minimum atomic E-state index is -2.17. The van der Waals surface area contributed by atoms with Crippen molar-refractivity contribution in [3.8, 4) is 0 Å². The van der Waals surface area contributed by atoms with Gasteiger partial charge in [0.25, 0.3) is 0 Å². The molecule has 0 aromatic heterocycles. The summed E-state index contributed by atoms with van der Waals surface area (Å²) < 4.78 is 74.7. The molecule has 3 heterocycles. The van der Waals surface area contributed by atoms with Crippen LogP contribution in [0.2, 0.25) is 0 Å². The van der Waals surface area contributed by atoms with Gasteiger partial charge in [-0.15, -0.1) is 6.07 Å². The summed E-state index contributed by atoms with van der Waals surface area (Å²) >= 11 is 0. The fourth-order valence-electron chi connectivity index (χ4n) is 3.43. The minimum absolute atomic E-state index is 0. The minimum Gasteiger partial charge on any atom is -0.381 e. The van der Waals surface area contributed by atoms with Crippen molar-refractivity contribution in [3.63, 3.8) is 0 Å². The molecule has 37 heavy (non-hydrogen) atoms. The maximum atomic E-state index is 12.0. The molecule has 3 nitrogen and oxygen atoms in total. The van der Waals surface area contributed by atoms with E-state index in [4.69, 9.17) is 14.2 Å². The molecular weight excluding hydrogens is 652 g/mol. The summed E-state index contributed by atoms with van der Waals surface area (Å²) in [6.07, 6.45) is 7.67. The van der Waals surface area contributed by atoms with Crippen LogP contribution in [0.1, 0.15) is 73.1 Å². The molecule has 3 aliphatic heterocycles. The van der Waals surface area contributed by atoms with Gasteiger partial charge in [0, 0.05) is 39.6 Å². The normalized spacial score (nSPS) is 20.5. The largest absolute Gasteiger partial charge is 2.00 e.